The Labute approximate surface area is 108 Å². The highest BCUT2D eigenvalue weighted by atomic mass is 32.1. The first-order chi connectivity index (χ1) is 8.60. The predicted molar refractivity (Wildman–Crippen MR) is 68.5 cm³/mol. The maximum atomic E-state index is 10.6. The Morgan fingerprint density at radius 2 is 2.22 bits per heavy atom. The van der Waals surface area contributed by atoms with Crippen molar-refractivity contribution in [2.24, 2.45) is 0 Å². The summed E-state index contributed by atoms with van der Waals surface area (Å²) in [6, 6.07) is 2.97. The van der Waals surface area contributed by atoms with E-state index in [1.54, 1.807) is 6.07 Å². The van der Waals surface area contributed by atoms with Crippen LogP contribution in [0.3, 0.4) is 0 Å². The van der Waals surface area contributed by atoms with E-state index in [1.807, 2.05) is 13.8 Å². The van der Waals surface area contributed by atoms with Crippen LogP contribution < -0.4 is 5.32 Å². The molecule has 0 aliphatic carbocycles. The molecule has 0 spiro atoms. The molecule has 18 heavy (non-hydrogen) atoms. The van der Waals surface area contributed by atoms with Crippen molar-refractivity contribution in [3.63, 3.8) is 0 Å². The summed E-state index contributed by atoms with van der Waals surface area (Å²) in [5.74, 6) is -0.608. The number of hydrogen-bond acceptors (Lipinski definition) is 6. The number of aromatic nitrogens is 3. The van der Waals surface area contributed by atoms with Gasteiger partial charge in [-0.25, -0.2) is 9.78 Å². The summed E-state index contributed by atoms with van der Waals surface area (Å²) >= 11 is 1.54. The molecule has 6 nitrogen and oxygen atoms in total. The van der Waals surface area contributed by atoms with Crippen LogP contribution in [-0.2, 0) is 6.42 Å². The lowest BCUT2D eigenvalue weighted by Gasteiger charge is -2.00. The summed E-state index contributed by atoms with van der Waals surface area (Å²) < 4.78 is 0. The molecule has 0 bridgehead atoms. The summed E-state index contributed by atoms with van der Waals surface area (Å²) in [7, 11) is 0. The fourth-order valence-corrected chi connectivity index (χ4v) is 2.34. The Kier molecular flexibility index (Phi) is 3.52. The number of hydrogen-bond donors (Lipinski definition) is 2. The van der Waals surface area contributed by atoms with E-state index in [0.29, 0.717) is 5.82 Å². The first-order valence-electron chi connectivity index (χ1n) is 5.40. The zero-order valence-electron chi connectivity index (χ0n) is 9.97. The molecule has 2 aromatic heterocycles. The van der Waals surface area contributed by atoms with Crippen molar-refractivity contribution in [2.45, 2.75) is 20.3 Å². The van der Waals surface area contributed by atoms with E-state index in [-0.39, 0.29) is 5.69 Å². The molecule has 0 radical (unpaired) electrons. The lowest BCUT2D eigenvalue weighted by atomic mass is 10.3. The van der Waals surface area contributed by atoms with Crippen molar-refractivity contribution >= 4 is 28.3 Å². The number of carboxylic acids is 1. The van der Waals surface area contributed by atoms with E-state index >= 15 is 0 Å². The SMILES string of the molecule is CCc1nc(Nc2ccc(C(=O)O)nn2)sc1C. The van der Waals surface area contributed by atoms with Crippen LogP contribution in [0.15, 0.2) is 12.1 Å². The lowest BCUT2D eigenvalue weighted by molar-refractivity contribution is 0.0689. The van der Waals surface area contributed by atoms with Crippen molar-refractivity contribution in [1.82, 2.24) is 15.2 Å². The van der Waals surface area contributed by atoms with Crippen LogP contribution in [0.25, 0.3) is 0 Å². The van der Waals surface area contributed by atoms with Crippen LogP contribution in [0.4, 0.5) is 10.9 Å². The highest BCUT2D eigenvalue weighted by Gasteiger charge is 2.08. The molecule has 0 amide bonds. The van der Waals surface area contributed by atoms with Crippen molar-refractivity contribution in [3.05, 3.63) is 28.4 Å². The van der Waals surface area contributed by atoms with Gasteiger partial charge in [-0.15, -0.1) is 21.5 Å². The van der Waals surface area contributed by atoms with Crippen molar-refractivity contribution in [1.29, 1.82) is 0 Å². The second-order valence-electron chi connectivity index (χ2n) is 3.61. The second kappa shape index (κ2) is 5.09. The van der Waals surface area contributed by atoms with E-state index in [4.69, 9.17) is 5.11 Å². The number of nitrogens with zero attached hydrogens (tertiary/aromatic N) is 3. The van der Waals surface area contributed by atoms with Gasteiger partial charge in [0.1, 0.15) is 0 Å². The Hall–Kier alpha value is -2.02. The van der Waals surface area contributed by atoms with E-state index < -0.39 is 5.97 Å². The Morgan fingerprint density at radius 1 is 1.44 bits per heavy atom. The molecule has 94 valence electrons. The zero-order chi connectivity index (χ0) is 13.1. The number of carboxylic acid groups (broad SMARTS) is 1. The molecule has 0 saturated heterocycles. The fraction of sp³-hybridized carbons (Fsp3) is 0.273. The average Bonchev–Trinajstić information content (AvgIpc) is 2.70. The molecule has 0 saturated carbocycles. The smallest absolute Gasteiger partial charge is 0.356 e. The van der Waals surface area contributed by atoms with Crippen LogP contribution in [0.1, 0.15) is 28.0 Å². The fourth-order valence-electron chi connectivity index (χ4n) is 1.43. The van der Waals surface area contributed by atoms with Gasteiger partial charge < -0.3 is 10.4 Å². The number of aromatic carboxylic acids is 1. The molecule has 2 aromatic rings. The molecular weight excluding hydrogens is 252 g/mol. The normalized spacial score (nSPS) is 10.3. The molecule has 2 rings (SSSR count). The quantitative estimate of drug-likeness (QED) is 0.880. The average molecular weight is 264 g/mol. The highest BCUT2D eigenvalue weighted by molar-refractivity contribution is 7.15. The summed E-state index contributed by atoms with van der Waals surface area (Å²) in [4.78, 5) is 16.2. The third kappa shape index (κ3) is 2.62. The number of aryl methyl sites for hydroxylation is 2. The number of anilines is 2. The van der Waals surface area contributed by atoms with Gasteiger partial charge in [-0.3, -0.25) is 0 Å². The third-order valence-electron chi connectivity index (χ3n) is 2.35. The molecule has 7 heteroatoms. The first kappa shape index (κ1) is 12.4. The van der Waals surface area contributed by atoms with Gasteiger partial charge in [0.2, 0.25) is 0 Å². The van der Waals surface area contributed by atoms with Crippen LogP contribution >= 0.6 is 11.3 Å². The minimum atomic E-state index is -1.09. The largest absolute Gasteiger partial charge is 0.476 e. The molecular formula is C11H12N4O2S. The number of rotatable bonds is 4. The number of carbonyl (C=O) groups is 1. The van der Waals surface area contributed by atoms with Gasteiger partial charge >= 0.3 is 5.97 Å². The molecule has 0 fully saturated rings. The second-order valence-corrected chi connectivity index (χ2v) is 4.81. The van der Waals surface area contributed by atoms with Gasteiger partial charge in [0.25, 0.3) is 0 Å². The summed E-state index contributed by atoms with van der Waals surface area (Å²) in [6.07, 6.45) is 0.883. The lowest BCUT2D eigenvalue weighted by Crippen LogP contribution is -2.03. The minimum absolute atomic E-state index is 0.0786. The van der Waals surface area contributed by atoms with Gasteiger partial charge in [0.15, 0.2) is 16.6 Å². The van der Waals surface area contributed by atoms with Crippen LogP contribution in [0, 0.1) is 6.92 Å². The van der Waals surface area contributed by atoms with Crippen LogP contribution in [0.2, 0.25) is 0 Å². The van der Waals surface area contributed by atoms with E-state index in [1.165, 1.54) is 17.4 Å². The van der Waals surface area contributed by atoms with Gasteiger partial charge in [-0.05, 0) is 25.5 Å². The maximum Gasteiger partial charge on any atom is 0.356 e. The van der Waals surface area contributed by atoms with Crippen LogP contribution in [-0.4, -0.2) is 26.3 Å². The molecule has 0 aromatic carbocycles. The Balaban J connectivity index is 2.15. The molecule has 0 aliphatic heterocycles. The third-order valence-corrected chi connectivity index (χ3v) is 3.27. The highest BCUT2D eigenvalue weighted by Crippen LogP contribution is 2.24. The van der Waals surface area contributed by atoms with Gasteiger partial charge in [-0.1, -0.05) is 6.92 Å². The predicted octanol–water partition coefficient (Wildman–Crippen LogP) is 2.25. The molecule has 2 N–H and O–H groups in total. The van der Waals surface area contributed by atoms with E-state index in [9.17, 15) is 4.79 Å². The Morgan fingerprint density at radius 3 is 2.72 bits per heavy atom. The zero-order valence-corrected chi connectivity index (χ0v) is 10.8. The Bertz CT molecular complexity index is 565. The van der Waals surface area contributed by atoms with Crippen molar-refractivity contribution in [2.75, 3.05) is 5.32 Å². The summed E-state index contributed by atoms with van der Waals surface area (Å²) in [5, 5.41) is 19.8. The van der Waals surface area contributed by atoms with Crippen molar-refractivity contribution < 1.29 is 9.90 Å². The first-order valence-corrected chi connectivity index (χ1v) is 6.22. The van der Waals surface area contributed by atoms with Gasteiger partial charge in [0, 0.05) is 4.88 Å². The number of nitrogens with one attached hydrogen (secondary N) is 1. The molecule has 0 unspecified atom stereocenters. The van der Waals surface area contributed by atoms with Gasteiger partial charge in [-0.2, -0.15) is 0 Å². The van der Waals surface area contributed by atoms with Crippen molar-refractivity contribution in [3.8, 4) is 0 Å². The van der Waals surface area contributed by atoms with Crippen LogP contribution in [0.5, 0.6) is 0 Å². The molecule has 2 heterocycles. The molecule has 0 atom stereocenters. The van der Waals surface area contributed by atoms with Gasteiger partial charge in [0.05, 0.1) is 5.69 Å². The standard InChI is InChI=1S/C11H12N4O2S/c1-3-7-6(2)18-11(12-7)13-9-5-4-8(10(16)17)14-15-9/h4-5H,3H2,1-2H3,(H,16,17)(H,12,13,15). The van der Waals surface area contributed by atoms with E-state index in [2.05, 4.69) is 20.5 Å². The topological polar surface area (TPSA) is 88.0 Å². The summed E-state index contributed by atoms with van der Waals surface area (Å²) in [5.41, 5.74) is 0.975. The summed E-state index contributed by atoms with van der Waals surface area (Å²) in [6.45, 7) is 4.06. The molecule has 0 aliphatic rings. The monoisotopic (exact) mass is 264 g/mol. The van der Waals surface area contributed by atoms with E-state index in [0.717, 1.165) is 22.1 Å². The number of thiazole rings is 1. The minimum Gasteiger partial charge on any atom is -0.476 e. The maximum absolute atomic E-state index is 10.6.